The van der Waals surface area contributed by atoms with Crippen LogP contribution in [0.25, 0.3) is 6.08 Å². The summed E-state index contributed by atoms with van der Waals surface area (Å²) in [6, 6.07) is 11.4. The topological polar surface area (TPSA) is 46.6 Å². The Morgan fingerprint density at radius 1 is 1.17 bits per heavy atom. The van der Waals surface area contributed by atoms with Crippen molar-refractivity contribution in [1.29, 1.82) is 0 Å². The smallest absolute Gasteiger partial charge is 0.246 e. The van der Waals surface area contributed by atoms with Gasteiger partial charge in [-0.15, -0.1) is 0 Å². The molecule has 150 valence electrons. The van der Waals surface area contributed by atoms with Crippen LogP contribution in [0.3, 0.4) is 0 Å². The van der Waals surface area contributed by atoms with Gasteiger partial charge in [-0.2, -0.15) is 0 Å². The Bertz CT molecular complexity index is 1000. The van der Waals surface area contributed by atoms with Crippen LogP contribution in [0, 0.1) is 13.8 Å². The Labute approximate surface area is 176 Å². The van der Waals surface area contributed by atoms with Gasteiger partial charge in [0.1, 0.15) is 11.4 Å². The van der Waals surface area contributed by atoms with Gasteiger partial charge in [-0.3, -0.25) is 9.59 Å². The molecule has 0 radical (unpaired) electrons. The normalized spacial score (nSPS) is 18.0. The number of nitrogens with zero attached hydrogens (tertiary/aromatic N) is 1. The molecule has 0 unspecified atom stereocenters. The number of halogens is 1. The molecule has 0 N–H and O–H groups in total. The van der Waals surface area contributed by atoms with Crippen molar-refractivity contribution in [3.8, 4) is 5.75 Å². The van der Waals surface area contributed by atoms with Crippen molar-refractivity contribution in [3.63, 3.8) is 0 Å². The minimum absolute atomic E-state index is 0.0472. The van der Waals surface area contributed by atoms with Crippen LogP contribution in [0.1, 0.15) is 46.3 Å². The second-order valence-corrected chi connectivity index (χ2v) is 8.43. The van der Waals surface area contributed by atoms with Gasteiger partial charge in [0.15, 0.2) is 5.78 Å². The highest BCUT2D eigenvalue weighted by Crippen LogP contribution is 2.41. The van der Waals surface area contributed by atoms with Crippen LogP contribution in [0.5, 0.6) is 5.75 Å². The number of rotatable bonds is 2. The molecule has 0 bridgehead atoms. The number of amides is 1. The largest absolute Gasteiger partial charge is 0.486 e. The molecule has 1 spiro atoms. The maximum Gasteiger partial charge on any atom is 0.246 e. The molecular weight excluding hydrogens is 386 g/mol. The van der Waals surface area contributed by atoms with E-state index in [9.17, 15) is 9.59 Å². The van der Waals surface area contributed by atoms with Gasteiger partial charge < -0.3 is 9.64 Å². The summed E-state index contributed by atoms with van der Waals surface area (Å²) in [4.78, 5) is 27.2. The SMILES string of the molecule is Cc1cc(C)c2c(c1)OC1(CCN(C(=O)/C=C/c3ccccc3Cl)CC1)CC2=O. The summed E-state index contributed by atoms with van der Waals surface area (Å²) in [6.45, 7) is 5.10. The van der Waals surface area contributed by atoms with Gasteiger partial charge in [-0.05, 0) is 48.7 Å². The molecule has 4 rings (SSSR count). The average molecular weight is 410 g/mol. The lowest BCUT2D eigenvalue weighted by atomic mass is 9.81. The molecule has 2 aliphatic heterocycles. The third kappa shape index (κ3) is 3.95. The Balaban J connectivity index is 1.45. The lowest BCUT2D eigenvalue weighted by molar-refractivity contribution is -0.129. The van der Waals surface area contributed by atoms with Gasteiger partial charge in [-0.1, -0.05) is 35.9 Å². The number of carbonyl (C=O) groups excluding carboxylic acids is 2. The molecule has 2 aliphatic rings. The summed E-state index contributed by atoms with van der Waals surface area (Å²) in [6.07, 6.45) is 4.99. The summed E-state index contributed by atoms with van der Waals surface area (Å²) in [7, 11) is 0. The quantitative estimate of drug-likeness (QED) is 0.656. The van der Waals surface area contributed by atoms with Crippen molar-refractivity contribution in [3.05, 3.63) is 69.8 Å². The van der Waals surface area contributed by atoms with Crippen molar-refractivity contribution in [2.75, 3.05) is 13.1 Å². The van der Waals surface area contributed by atoms with Crippen molar-refractivity contribution in [2.24, 2.45) is 0 Å². The molecule has 1 saturated heterocycles. The molecule has 5 heteroatoms. The first-order chi connectivity index (χ1) is 13.9. The molecule has 29 heavy (non-hydrogen) atoms. The lowest BCUT2D eigenvalue weighted by Gasteiger charge is -2.44. The number of carbonyl (C=O) groups is 2. The average Bonchev–Trinajstić information content (AvgIpc) is 2.66. The molecule has 4 nitrogen and oxygen atoms in total. The van der Waals surface area contributed by atoms with Gasteiger partial charge in [0.25, 0.3) is 0 Å². The molecule has 0 saturated carbocycles. The third-order valence-corrected chi connectivity index (χ3v) is 6.17. The van der Waals surface area contributed by atoms with E-state index >= 15 is 0 Å². The van der Waals surface area contributed by atoms with Gasteiger partial charge in [0.2, 0.25) is 5.91 Å². The van der Waals surface area contributed by atoms with Crippen molar-refractivity contribution in [2.45, 2.75) is 38.7 Å². The van der Waals surface area contributed by atoms with E-state index in [0.29, 0.717) is 48.7 Å². The number of ether oxygens (including phenoxy) is 1. The number of benzene rings is 2. The molecule has 2 heterocycles. The second-order valence-electron chi connectivity index (χ2n) is 8.02. The number of ketones is 1. The van der Waals surface area contributed by atoms with E-state index in [0.717, 1.165) is 16.7 Å². The van der Waals surface area contributed by atoms with E-state index in [1.165, 1.54) is 0 Å². The summed E-state index contributed by atoms with van der Waals surface area (Å²) in [5, 5.41) is 0.618. The monoisotopic (exact) mass is 409 g/mol. The molecular formula is C24H24ClNO3. The standard InChI is InChI=1S/C24H24ClNO3/c1-16-13-17(2)23-20(27)15-24(29-21(23)14-16)9-11-26(12-10-24)22(28)8-7-18-5-3-4-6-19(18)25/h3-8,13-14H,9-12,15H2,1-2H3/b8-7+. The molecule has 2 aromatic carbocycles. The van der Waals surface area contributed by atoms with Crippen LogP contribution < -0.4 is 4.74 Å². The van der Waals surface area contributed by atoms with E-state index in [1.807, 2.05) is 49.1 Å². The van der Waals surface area contributed by atoms with Crippen molar-refractivity contribution < 1.29 is 14.3 Å². The predicted molar refractivity (Wildman–Crippen MR) is 115 cm³/mol. The Kier molecular flexibility index (Phi) is 5.22. The van der Waals surface area contributed by atoms with Gasteiger partial charge in [0.05, 0.1) is 12.0 Å². The van der Waals surface area contributed by atoms with E-state index < -0.39 is 5.60 Å². The summed E-state index contributed by atoms with van der Waals surface area (Å²) in [5.41, 5.74) is 3.08. The summed E-state index contributed by atoms with van der Waals surface area (Å²) in [5.74, 6) is 0.785. The highest BCUT2D eigenvalue weighted by atomic mass is 35.5. The first-order valence-electron chi connectivity index (χ1n) is 9.92. The maximum atomic E-state index is 12.8. The molecule has 0 atom stereocenters. The van der Waals surface area contributed by atoms with E-state index in [4.69, 9.17) is 16.3 Å². The van der Waals surface area contributed by atoms with Crippen LogP contribution in [0.4, 0.5) is 0 Å². The first-order valence-corrected chi connectivity index (χ1v) is 10.3. The van der Waals surface area contributed by atoms with E-state index in [2.05, 4.69) is 0 Å². The molecule has 1 fully saturated rings. The number of hydrogen-bond donors (Lipinski definition) is 0. The van der Waals surface area contributed by atoms with Gasteiger partial charge >= 0.3 is 0 Å². The number of aryl methyl sites for hydroxylation is 2. The Morgan fingerprint density at radius 3 is 2.62 bits per heavy atom. The van der Waals surface area contributed by atoms with Gasteiger partial charge in [0, 0.05) is 37.0 Å². The second kappa shape index (κ2) is 7.68. The van der Waals surface area contributed by atoms with Crippen molar-refractivity contribution in [1.82, 2.24) is 4.90 Å². The van der Waals surface area contributed by atoms with E-state index in [1.54, 1.807) is 18.2 Å². The van der Waals surface area contributed by atoms with Crippen LogP contribution in [-0.2, 0) is 4.79 Å². The zero-order valence-electron chi connectivity index (χ0n) is 16.7. The zero-order chi connectivity index (χ0) is 20.6. The van der Waals surface area contributed by atoms with Crippen LogP contribution in [-0.4, -0.2) is 35.3 Å². The fourth-order valence-corrected chi connectivity index (χ4v) is 4.51. The van der Waals surface area contributed by atoms with E-state index in [-0.39, 0.29) is 11.7 Å². The minimum atomic E-state index is -0.506. The molecule has 0 aromatic heterocycles. The van der Waals surface area contributed by atoms with Crippen LogP contribution >= 0.6 is 11.6 Å². The summed E-state index contributed by atoms with van der Waals surface area (Å²) >= 11 is 6.14. The number of Topliss-reactive ketones (excluding diaryl/α,β-unsaturated/α-hetero) is 1. The Morgan fingerprint density at radius 2 is 1.90 bits per heavy atom. The highest BCUT2D eigenvalue weighted by molar-refractivity contribution is 6.32. The molecule has 0 aliphatic carbocycles. The predicted octanol–water partition coefficient (Wildman–Crippen LogP) is 5.00. The summed E-state index contributed by atoms with van der Waals surface area (Å²) < 4.78 is 6.37. The molecule has 1 amide bonds. The van der Waals surface area contributed by atoms with Crippen molar-refractivity contribution >= 4 is 29.4 Å². The first kappa shape index (κ1) is 19.7. The van der Waals surface area contributed by atoms with Crippen LogP contribution in [0.15, 0.2) is 42.5 Å². The minimum Gasteiger partial charge on any atom is -0.486 e. The van der Waals surface area contributed by atoms with Crippen LogP contribution in [0.2, 0.25) is 5.02 Å². The maximum absolute atomic E-state index is 12.8. The number of piperidine rings is 1. The molecule has 2 aromatic rings. The third-order valence-electron chi connectivity index (χ3n) is 5.83. The Hall–Kier alpha value is -2.59. The lowest BCUT2D eigenvalue weighted by Crippen LogP contribution is -2.52. The fourth-order valence-electron chi connectivity index (χ4n) is 4.31. The fraction of sp³-hybridized carbons (Fsp3) is 0.333. The number of hydrogen-bond acceptors (Lipinski definition) is 3. The van der Waals surface area contributed by atoms with Gasteiger partial charge in [-0.25, -0.2) is 0 Å². The zero-order valence-corrected chi connectivity index (χ0v) is 17.5. The number of likely N-dealkylation sites (tertiary alicyclic amines) is 1. The number of fused-ring (bicyclic) bond motifs is 1. The highest BCUT2D eigenvalue weighted by Gasteiger charge is 2.43.